The number of rotatable bonds is 3. The summed E-state index contributed by atoms with van der Waals surface area (Å²) in [6.07, 6.45) is 0.285. The summed E-state index contributed by atoms with van der Waals surface area (Å²) >= 11 is 0. The number of furan rings is 1. The van der Waals surface area contributed by atoms with Crippen molar-refractivity contribution in [2.45, 2.75) is 45.8 Å². The van der Waals surface area contributed by atoms with Crippen molar-refractivity contribution in [3.8, 4) is 0 Å². The molecule has 26 heavy (non-hydrogen) atoms. The Morgan fingerprint density at radius 1 is 1.23 bits per heavy atom. The minimum Gasteiger partial charge on any atom is -0.451 e. The molecule has 1 aliphatic rings. The molecule has 0 unspecified atom stereocenters. The third-order valence-electron chi connectivity index (χ3n) is 4.89. The van der Waals surface area contributed by atoms with E-state index < -0.39 is 6.10 Å². The first-order chi connectivity index (χ1) is 12.3. The molecule has 2 aromatic rings. The van der Waals surface area contributed by atoms with Gasteiger partial charge >= 0.3 is 0 Å². The standard InChI is InChI=1S/C20H26N2O4/c1-12(2)19(24)21-15-6-8-22(9-7-16(15)23)20(25)18-11-14-10-13(3)4-5-17(14)26-18/h4-5,10-12,15-16,23H,6-9H2,1-3H3,(H,21,24)/t15-,16-/m0/s1. The summed E-state index contributed by atoms with van der Waals surface area (Å²) in [5.74, 6) is -0.0877. The van der Waals surface area contributed by atoms with Crippen molar-refractivity contribution < 1.29 is 19.1 Å². The molecule has 1 saturated heterocycles. The molecule has 2 N–H and O–H groups in total. The van der Waals surface area contributed by atoms with E-state index >= 15 is 0 Å². The number of benzene rings is 1. The van der Waals surface area contributed by atoms with Gasteiger partial charge in [0.15, 0.2) is 5.76 Å². The molecule has 6 heteroatoms. The fourth-order valence-corrected chi connectivity index (χ4v) is 3.23. The van der Waals surface area contributed by atoms with Crippen LogP contribution in [0.1, 0.15) is 42.8 Å². The average molecular weight is 358 g/mol. The Labute approximate surface area is 153 Å². The molecule has 1 aromatic heterocycles. The van der Waals surface area contributed by atoms with Crippen LogP contribution in [0.2, 0.25) is 0 Å². The lowest BCUT2D eigenvalue weighted by Crippen LogP contribution is -2.44. The van der Waals surface area contributed by atoms with E-state index in [0.29, 0.717) is 37.3 Å². The Bertz CT molecular complexity index is 811. The summed E-state index contributed by atoms with van der Waals surface area (Å²) in [5.41, 5.74) is 1.80. The highest BCUT2D eigenvalue weighted by Gasteiger charge is 2.30. The number of aliphatic hydroxyl groups is 1. The molecule has 3 rings (SSSR count). The number of hydrogen-bond donors (Lipinski definition) is 2. The predicted octanol–water partition coefficient (Wildman–Crippen LogP) is 2.48. The van der Waals surface area contributed by atoms with E-state index in [9.17, 15) is 14.7 Å². The Morgan fingerprint density at radius 3 is 2.69 bits per heavy atom. The van der Waals surface area contributed by atoms with Gasteiger partial charge in [0.25, 0.3) is 5.91 Å². The van der Waals surface area contributed by atoms with Gasteiger partial charge in [0.05, 0.1) is 12.1 Å². The summed E-state index contributed by atoms with van der Waals surface area (Å²) in [7, 11) is 0. The zero-order valence-electron chi connectivity index (χ0n) is 15.5. The zero-order valence-corrected chi connectivity index (χ0v) is 15.5. The van der Waals surface area contributed by atoms with E-state index in [1.54, 1.807) is 11.0 Å². The number of likely N-dealkylation sites (tertiary alicyclic amines) is 1. The molecular formula is C20H26N2O4. The monoisotopic (exact) mass is 358 g/mol. The second kappa shape index (κ2) is 7.50. The molecule has 0 spiro atoms. The number of nitrogens with zero attached hydrogens (tertiary/aromatic N) is 1. The Balaban J connectivity index is 1.71. The summed E-state index contributed by atoms with van der Waals surface area (Å²) in [5, 5.41) is 14.1. The van der Waals surface area contributed by atoms with Crippen LogP contribution < -0.4 is 5.32 Å². The molecule has 0 radical (unpaired) electrons. The largest absolute Gasteiger partial charge is 0.451 e. The van der Waals surface area contributed by atoms with Gasteiger partial charge in [-0.1, -0.05) is 25.5 Å². The topological polar surface area (TPSA) is 82.8 Å². The van der Waals surface area contributed by atoms with E-state index in [1.807, 2.05) is 39.0 Å². The maximum atomic E-state index is 12.8. The van der Waals surface area contributed by atoms with Crippen molar-refractivity contribution in [2.24, 2.45) is 5.92 Å². The van der Waals surface area contributed by atoms with Gasteiger partial charge in [0.2, 0.25) is 5.91 Å². The molecule has 6 nitrogen and oxygen atoms in total. The fraction of sp³-hybridized carbons (Fsp3) is 0.500. The Hall–Kier alpha value is -2.34. The van der Waals surface area contributed by atoms with E-state index in [4.69, 9.17) is 4.42 Å². The molecule has 0 saturated carbocycles. The van der Waals surface area contributed by atoms with Crippen LogP contribution in [0.25, 0.3) is 11.0 Å². The number of carbonyl (C=O) groups excluding carboxylic acids is 2. The predicted molar refractivity (Wildman–Crippen MR) is 98.9 cm³/mol. The minimum atomic E-state index is -0.658. The normalized spacial score (nSPS) is 21.0. The minimum absolute atomic E-state index is 0.0820. The number of aliphatic hydroxyl groups excluding tert-OH is 1. The zero-order chi connectivity index (χ0) is 18.8. The first-order valence-electron chi connectivity index (χ1n) is 9.13. The summed E-state index contributed by atoms with van der Waals surface area (Å²) < 4.78 is 5.71. The molecule has 1 aromatic carbocycles. The van der Waals surface area contributed by atoms with Crippen LogP contribution in [-0.4, -0.2) is 47.1 Å². The molecule has 2 atom stereocenters. The van der Waals surface area contributed by atoms with Gasteiger partial charge < -0.3 is 19.7 Å². The number of nitrogens with one attached hydrogen (secondary N) is 1. The Morgan fingerprint density at radius 2 is 1.96 bits per heavy atom. The summed E-state index contributed by atoms with van der Waals surface area (Å²) in [4.78, 5) is 26.4. The molecule has 0 bridgehead atoms. The summed E-state index contributed by atoms with van der Waals surface area (Å²) in [6, 6.07) is 7.24. The smallest absolute Gasteiger partial charge is 0.289 e. The lowest BCUT2D eigenvalue weighted by molar-refractivity contribution is -0.125. The van der Waals surface area contributed by atoms with Crippen LogP contribution in [-0.2, 0) is 4.79 Å². The van der Waals surface area contributed by atoms with E-state index in [2.05, 4.69) is 5.32 Å². The highest BCUT2D eigenvalue weighted by atomic mass is 16.3. The van der Waals surface area contributed by atoms with Crippen molar-refractivity contribution in [2.75, 3.05) is 13.1 Å². The van der Waals surface area contributed by atoms with Crippen molar-refractivity contribution in [1.82, 2.24) is 10.2 Å². The quantitative estimate of drug-likeness (QED) is 0.883. The Kier molecular flexibility index (Phi) is 5.32. The SMILES string of the molecule is Cc1ccc2oc(C(=O)N3CC[C@H](NC(=O)C(C)C)[C@@H](O)CC3)cc2c1. The van der Waals surface area contributed by atoms with Crippen molar-refractivity contribution >= 4 is 22.8 Å². The first-order valence-corrected chi connectivity index (χ1v) is 9.13. The lowest BCUT2D eigenvalue weighted by Gasteiger charge is -2.22. The third kappa shape index (κ3) is 3.90. The molecule has 1 fully saturated rings. The maximum absolute atomic E-state index is 12.8. The van der Waals surface area contributed by atoms with Gasteiger partial charge in [-0.3, -0.25) is 9.59 Å². The van der Waals surface area contributed by atoms with Crippen LogP contribution in [0.3, 0.4) is 0 Å². The van der Waals surface area contributed by atoms with Gasteiger partial charge in [-0.15, -0.1) is 0 Å². The highest BCUT2D eigenvalue weighted by Crippen LogP contribution is 2.23. The molecule has 1 aliphatic heterocycles. The van der Waals surface area contributed by atoms with Crippen molar-refractivity contribution in [3.63, 3.8) is 0 Å². The molecule has 140 valence electrons. The second-order valence-corrected chi connectivity index (χ2v) is 7.36. The number of hydrogen-bond acceptors (Lipinski definition) is 4. The highest BCUT2D eigenvalue weighted by molar-refractivity contribution is 5.96. The van der Waals surface area contributed by atoms with E-state index in [1.165, 1.54) is 0 Å². The third-order valence-corrected chi connectivity index (χ3v) is 4.89. The van der Waals surface area contributed by atoms with Crippen LogP contribution in [0.4, 0.5) is 0 Å². The van der Waals surface area contributed by atoms with Crippen LogP contribution in [0.5, 0.6) is 0 Å². The van der Waals surface area contributed by atoms with Crippen molar-refractivity contribution in [3.05, 3.63) is 35.6 Å². The van der Waals surface area contributed by atoms with Crippen molar-refractivity contribution in [1.29, 1.82) is 0 Å². The van der Waals surface area contributed by atoms with Gasteiger partial charge in [-0.25, -0.2) is 0 Å². The van der Waals surface area contributed by atoms with Gasteiger partial charge in [0, 0.05) is 24.4 Å². The fourth-order valence-electron chi connectivity index (χ4n) is 3.23. The number of carbonyl (C=O) groups is 2. The number of aryl methyl sites for hydroxylation is 1. The average Bonchev–Trinajstić information content (AvgIpc) is 2.93. The maximum Gasteiger partial charge on any atom is 0.289 e. The number of amides is 2. The summed E-state index contributed by atoms with van der Waals surface area (Å²) in [6.45, 7) is 6.53. The number of fused-ring (bicyclic) bond motifs is 1. The molecule has 0 aliphatic carbocycles. The van der Waals surface area contributed by atoms with Gasteiger partial charge in [-0.05, 0) is 38.0 Å². The van der Waals surface area contributed by atoms with Gasteiger partial charge in [-0.2, -0.15) is 0 Å². The molecular weight excluding hydrogens is 332 g/mol. The van der Waals surface area contributed by atoms with Crippen LogP contribution in [0.15, 0.2) is 28.7 Å². The molecule has 2 heterocycles. The first kappa shape index (κ1) is 18.5. The van der Waals surface area contributed by atoms with E-state index in [-0.39, 0.29) is 23.8 Å². The van der Waals surface area contributed by atoms with Crippen LogP contribution in [0, 0.1) is 12.8 Å². The molecule has 2 amide bonds. The van der Waals surface area contributed by atoms with Crippen LogP contribution >= 0.6 is 0 Å². The second-order valence-electron chi connectivity index (χ2n) is 7.36. The van der Waals surface area contributed by atoms with E-state index in [0.717, 1.165) is 10.9 Å². The van der Waals surface area contributed by atoms with Gasteiger partial charge in [0.1, 0.15) is 5.58 Å². The lowest BCUT2D eigenvalue weighted by atomic mass is 10.1.